The standard InChI is InChI=1S/C24H22N2O7/c1-13-10-19(25-33-13)26-21(14-6-5-7-16(11-14)30-2)20(23(28)24(26)29)22(27)15-8-9-17(31-3)18(12-15)32-4/h5-12,21,27H,1-4H3/t21-/m1/s1. The summed E-state index contributed by atoms with van der Waals surface area (Å²) in [6.07, 6.45) is 0. The number of rotatable bonds is 6. The minimum absolute atomic E-state index is 0.0962. The fourth-order valence-corrected chi connectivity index (χ4v) is 3.80. The van der Waals surface area contributed by atoms with Gasteiger partial charge >= 0.3 is 5.91 Å². The van der Waals surface area contributed by atoms with E-state index in [2.05, 4.69) is 5.16 Å². The molecule has 170 valence electrons. The number of carbonyl (C=O) groups is 2. The van der Waals surface area contributed by atoms with Crippen molar-refractivity contribution >= 4 is 23.3 Å². The van der Waals surface area contributed by atoms with Crippen LogP contribution in [0.15, 0.2) is 58.6 Å². The average molecular weight is 450 g/mol. The predicted octanol–water partition coefficient (Wildman–Crippen LogP) is 3.64. The molecule has 9 heteroatoms. The second kappa shape index (κ2) is 8.70. The van der Waals surface area contributed by atoms with Crippen LogP contribution in [0.2, 0.25) is 0 Å². The summed E-state index contributed by atoms with van der Waals surface area (Å²) < 4.78 is 21.0. The minimum Gasteiger partial charge on any atom is -0.507 e. The first kappa shape index (κ1) is 21.9. The Bertz CT molecular complexity index is 1260. The number of benzene rings is 2. The molecule has 1 fully saturated rings. The second-order valence-corrected chi connectivity index (χ2v) is 7.31. The van der Waals surface area contributed by atoms with Crippen LogP contribution in [0, 0.1) is 6.92 Å². The van der Waals surface area contributed by atoms with Crippen LogP contribution in [0.1, 0.15) is 22.9 Å². The van der Waals surface area contributed by atoms with Gasteiger partial charge in [0.1, 0.15) is 17.3 Å². The topological polar surface area (TPSA) is 111 Å². The molecule has 1 atom stereocenters. The van der Waals surface area contributed by atoms with E-state index >= 15 is 0 Å². The van der Waals surface area contributed by atoms with Crippen LogP contribution in [-0.4, -0.2) is 43.3 Å². The lowest BCUT2D eigenvalue weighted by molar-refractivity contribution is -0.132. The van der Waals surface area contributed by atoms with Crippen molar-refractivity contribution in [2.45, 2.75) is 13.0 Å². The van der Waals surface area contributed by atoms with Crippen molar-refractivity contribution in [1.29, 1.82) is 0 Å². The largest absolute Gasteiger partial charge is 0.507 e. The summed E-state index contributed by atoms with van der Waals surface area (Å²) >= 11 is 0. The Balaban J connectivity index is 1.94. The number of aliphatic hydroxyl groups excluding tert-OH is 1. The van der Waals surface area contributed by atoms with Crippen molar-refractivity contribution in [2.24, 2.45) is 0 Å². The molecule has 2 aromatic carbocycles. The van der Waals surface area contributed by atoms with Gasteiger partial charge in [-0.3, -0.25) is 14.5 Å². The third-order valence-corrected chi connectivity index (χ3v) is 5.37. The molecular formula is C24H22N2O7. The van der Waals surface area contributed by atoms with E-state index < -0.39 is 17.7 Å². The second-order valence-electron chi connectivity index (χ2n) is 7.31. The number of amides is 1. The van der Waals surface area contributed by atoms with Crippen LogP contribution in [0.25, 0.3) is 5.76 Å². The number of methoxy groups -OCH3 is 3. The smallest absolute Gasteiger partial charge is 0.301 e. The summed E-state index contributed by atoms with van der Waals surface area (Å²) in [6, 6.07) is 12.2. The van der Waals surface area contributed by atoms with E-state index in [1.807, 2.05) is 0 Å². The molecular weight excluding hydrogens is 428 g/mol. The van der Waals surface area contributed by atoms with Gasteiger partial charge < -0.3 is 23.8 Å². The van der Waals surface area contributed by atoms with Crippen LogP contribution in [0.4, 0.5) is 5.82 Å². The lowest BCUT2D eigenvalue weighted by Gasteiger charge is -2.23. The van der Waals surface area contributed by atoms with Crippen LogP contribution in [-0.2, 0) is 9.59 Å². The van der Waals surface area contributed by atoms with Crippen molar-refractivity contribution in [3.05, 3.63) is 71.0 Å². The summed E-state index contributed by atoms with van der Waals surface area (Å²) in [5.74, 6) is -0.0676. The van der Waals surface area contributed by atoms with Gasteiger partial charge in [-0.25, -0.2) is 0 Å². The van der Waals surface area contributed by atoms with Crippen LogP contribution in [0.5, 0.6) is 17.2 Å². The quantitative estimate of drug-likeness (QED) is 0.344. The number of Topliss-reactive ketones (excluding diaryl/α,β-unsaturated/α-hetero) is 1. The normalized spacial score (nSPS) is 17.3. The van der Waals surface area contributed by atoms with Gasteiger partial charge in [-0.15, -0.1) is 0 Å². The molecule has 0 aliphatic carbocycles. The molecule has 1 aliphatic rings. The highest BCUT2D eigenvalue weighted by Gasteiger charge is 2.48. The molecule has 1 N–H and O–H groups in total. The van der Waals surface area contributed by atoms with Gasteiger partial charge in [-0.2, -0.15) is 0 Å². The number of hydrogen-bond donors (Lipinski definition) is 1. The first-order valence-corrected chi connectivity index (χ1v) is 10.00. The summed E-state index contributed by atoms with van der Waals surface area (Å²) in [4.78, 5) is 27.5. The molecule has 0 radical (unpaired) electrons. The van der Waals surface area contributed by atoms with Gasteiger partial charge in [0.15, 0.2) is 17.3 Å². The van der Waals surface area contributed by atoms with E-state index in [4.69, 9.17) is 18.7 Å². The summed E-state index contributed by atoms with van der Waals surface area (Å²) in [7, 11) is 4.47. The predicted molar refractivity (Wildman–Crippen MR) is 119 cm³/mol. The van der Waals surface area contributed by atoms with Crippen LogP contribution < -0.4 is 19.1 Å². The van der Waals surface area contributed by atoms with Crippen molar-refractivity contribution in [2.75, 3.05) is 26.2 Å². The van der Waals surface area contributed by atoms with E-state index in [1.54, 1.807) is 49.4 Å². The van der Waals surface area contributed by atoms with Crippen molar-refractivity contribution in [3.63, 3.8) is 0 Å². The highest BCUT2D eigenvalue weighted by molar-refractivity contribution is 6.51. The molecule has 1 amide bonds. The van der Waals surface area contributed by atoms with E-state index in [1.165, 1.54) is 32.3 Å². The minimum atomic E-state index is -0.960. The van der Waals surface area contributed by atoms with E-state index in [-0.39, 0.29) is 22.7 Å². The molecule has 3 aromatic rings. The molecule has 0 bridgehead atoms. The molecule has 0 saturated carbocycles. The number of hydrogen-bond acceptors (Lipinski definition) is 8. The fourth-order valence-electron chi connectivity index (χ4n) is 3.80. The Morgan fingerprint density at radius 1 is 1.00 bits per heavy atom. The molecule has 4 rings (SSSR count). The SMILES string of the molecule is COc1cccc([C@@H]2C(=C(O)c3ccc(OC)c(OC)c3)C(=O)C(=O)N2c2cc(C)on2)c1. The Morgan fingerprint density at radius 3 is 2.39 bits per heavy atom. The van der Waals surface area contributed by atoms with Gasteiger partial charge in [0.25, 0.3) is 5.78 Å². The molecule has 0 unspecified atom stereocenters. The van der Waals surface area contributed by atoms with E-state index in [0.29, 0.717) is 28.6 Å². The first-order valence-electron chi connectivity index (χ1n) is 10.00. The zero-order valence-corrected chi connectivity index (χ0v) is 18.5. The average Bonchev–Trinajstić information content (AvgIpc) is 3.38. The monoisotopic (exact) mass is 450 g/mol. The maximum Gasteiger partial charge on any atom is 0.301 e. The summed E-state index contributed by atoms with van der Waals surface area (Å²) in [6.45, 7) is 1.68. The number of aromatic nitrogens is 1. The molecule has 33 heavy (non-hydrogen) atoms. The number of aliphatic hydroxyl groups is 1. The van der Waals surface area contributed by atoms with Gasteiger partial charge in [0, 0.05) is 11.6 Å². The third-order valence-electron chi connectivity index (χ3n) is 5.37. The third kappa shape index (κ3) is 3.78. The maximum absolute atomic E-state index is 13.2. The number of ketones is 1. The number of ether oxygens (including phenoxy) is 3. The van der Waals surface area contributed by atoms with Gasteiger partial charge in [0.05, 0.1) is 32.9 Å². The summed E-state index contributed by atoms with van der Waals surface area (Å²) in [5, 5.41) is 15.2. The fraction of sp³-hybridized carbons (Fsp3) is 0.208. The number of nitrogens with zero attached hydrogens (tertiary/aromatic N) is 2. The zero-order valence-electron chi connectivity index (χ0n) is 18.5. The van der Waals surface area contributed by atoms with Gasteiger partial charge in [-0.1, -0.05) is 17.3 Å². The van der Waals surface area contributed by atoms with Gasteiger partial charge in [-0.05, 0) is 42.8 Å². The Labute approximate surface area is 189 Å². The van der Waals surface area contributed by atoms with Crippen molar-refractivity contribution in [1.82, 2.24) is 5.16 Å². The first-order chi connectivity index (χ1) is 15.9. The Kier molecular flexibility index (Phi) is 5.78. The molecule has 2 heterocycles. The maximum atomic E-state index is 13.2. The molecule has 9 nitrogen and oxygen atoms in total. The number of aryl methyl sites for hydroxylation is 1. The number of carbonyl (C=O) groups excluding carboxylic acids is 2. The van der Waals surface area contributed by atoms with Crippen molar-refractivity contribution in [3.8, 4) is 17.2 Å². The zero-order chi connectivity index (χ0) is 23.7. The highest BCUT2D eigenvalue weighted by Crippen LogP contribution is 2.43. The van der Waals surface area contributed by atoms with Crippen molar-refractivity contribution < 1.29 is 33.4 Å². The number of anilines is 1. The lowest BCUT2D eigenvalue weighted by Crippen LogP contribution is -2.29. The highest BCUT2D eigenvalue weighted by atomic mass is 16.5. The molecule has 1 aromatic heterocycles. The molecule has 1 aliphatic heterocycles. The Morgan fingerprint density at radius 2 is 1.76 bits per heavy atom. The van der Waals surface area contributed by atoms with Gasteiger partial charge in [0.2, 0.25) is 0 Å². The Hall–Kier alpha value is -4.27. The van der Waals surface area contributed by atoms with E-state index in [9.17, 15) is 14.7 Å². The van der Waals surface area contributed by atoms with E-state index in [0.717, 1.165) is 0 Å². The molecule has 1 saturated heterocycles. The lowest BCUT2D eigenvalue weighted by atomic mass is 9.95. The van der Waals surface area contributed by atoms with Crippen LogP contribution >= 0.6 is 0 Å². The van der Waals surface area contributed by atoms with Crippen LogP contribution in [0.3, 0.4) is 0 Å². The molecule has 0 spiro atoms. The summed E-state index contributed by atoms with van der Waals surface area (Å²) in [5.41, 5.74) is 0.743.